The smallest absolute Gasteiger partial charge is 0.233 e. The monoisotopic (exact) mass is 395 g/mol. The number of methoxy groups -OCH3 is 1. The minimum absolute atomic E-state index is 0.189. The number of nitrogens with one attached hydrogen (secondary N) is 2. The summed E-state index contributed by atoms with van der Waals surface area (Å²) in [5, 5.41) is 5.58. The molecule has 0 saturated carbocycles. The molecule has 0 bridgehead atoms. The van der Waals surface area contributed by atoms with E-state index in [0.717, 1.165) is 24.4 Å². The lowest BCUT2D eigenvalue weighted by Gasteiger charge is -2.28. The van der Waals surface area contributed by atoms with Crippen LogP contribution in [0.25, 0.3) is 0 Å². The van der Waals surface area contributed by atoms with Gasteiger partial charge in [0, 0.05) is 31.0 Å². The zero-order valence-electron chi connectivity index (χ0n) is 16.9. The van der Waals surface area contributed by atoms with Crippen LogP contribution in [0, 0.1) is 0 Å². The van der Waals surface area contributed by atoms with E-state index in [2.05, 4.69) is 15.5 Å². The number of rotatable bonds is 8. The minimum Gasteiger partial charge on any atom is -0.497 e. The van der Waals surface area contributed by atoms with Gasteiger partial charge in [0.25, 0.3) is 0 Å². The second kappa shape index (κ2) is 10.5. The molecule has 154 valence electrons. The van der Waals surface area contributed by atoms with E-state index in [0.29, 0.717) is 18.7 Å². The number of hydrogen-bond donors (Lipinski definition) is 2. The van der Waals surface area contributed by atoms with E-state index in [4.69, 9.17) is 4.74 Å². The highest BCUT2D eigenvalue weighted by molar-refractivity contribution is 6.03. The van der Waals surface area contributed by atoms with E-state index < -0.39 is 0 Å². The van der Waals surface area contributed by atoms with E-state index >= 15 is 0 Å². The van der Waals surface area contributed by atoms with Gasteiger partial charge in [-0.1, -0.05) is 12.1 Å². The first kappa shape index (κ1) is 20.7. The van der Waals surface area contributed by atoms with Gasteiger partial charge in [-0.25, -0.2) is 0 Å². The summed E-state index contributed by atoms with van der Waals surface area (Å²) in [5.41, 5.74) is 2.96. The molecule has 6 nitrogen and oxygen atoms in total. The van der Waals surface area contributed by atoms with E-state index in [9.17, 15) is 9.59 Å². The molecule has 2 aromatic carbocycles. The summed E-state index contributed by atoms with van der Waals surface area (Å²) in [4.78, 5) is 26.5. The van der Waals surface area contributed by atoms with Crippen LogP contribution in [0.5, 0.6) is 5.75 Å². The molecule has 0 unspecified atom stereocenters. The molecule has 1 aliphatic heterocycles. The molecule has 3 rings (SSSR count). The quantitative estimate of drug-likeness (QED) is 0.673. The van der Waals surface area contributed by atoms with Gasteiger partial charge in [-0.2, -0.15) is 0 Å². The summed E-state index contributed by atoms with van der Waals surface area (Å²) in [6.07, 6.45) is 4.25. The summed E-state index contributed by atoms with van der Waals surface area (Å²) < 4.78 is 5.19. The third-order valence-electron chi connectivity index (χ3n) is 5.06. The molecule has 0 atom stereocenters. The summed E-state index contributed by atoms with van der Waals surface area (Å²) in [6.45, 7) is 2.65. The Labute approximate surface area is 172 Å². The second-order valence-corrected chi connectivity index (χ2v) is 7.27. The topological polar surface area (TPSA) is 70.7 Å². The number of benzene rings is 2. The molecule has 0 aliphatic carbocycles. The predicted octanol–water partition coefficient (Wildman–Crippen LogP) is 3.37. The van der Waals surface area contributed by atoms with Crippen molar-refractivity contribution >= 4 is 23.2 Å². The van der Waals surface area contributed by atoms with Crippen LogP contribution >= 0.6 is 0 Å². The number of ether oxygens (including phenoxy) is 1. The first-order valence-corrected chi connectivity index (χ1v) is 10.2. The summed E-state index contributed by atoms with van der Waals surface area (Å²) >= 11 is 0. The maximum absolute atomic E-state index is 12.1. The van der Waals surface area contributed by atoms with Crippen LogP contribution in [-0.2, 0) is 16.0 Å². The first-order chi connectivity index (χ1) is 14.1. The van der Waals surface area contributed by atoms with E-state index in [1.165, 1.54) is 24.9 Å². The van der Waals surface area contributed by atoms with Crippen LogP contribution in [0.4, 0.5) is 11.4 Å². The predicted molar refractivity (Wildman–Crippen MR) is 115 cm³/mol. The Balaban J connectivity index is 1.39. The molecule has 6 heteroatoms. The third kappa shape index (κ3) is 6.52. The number of anilines is 2. The number of carbonyl (C=O) groups is 2. The summed E-state index contributed by atoms with van der Waals surface area (Å²) in [6, 6.07) is 15.5. The molecule has 29 heavy (non-hydrogen) atoms. The molecule has 1 aliphatic rings. The molecule has 2 N–H and O–H groups in total. The van der Waals surface area contributed by atoms with E-state index in [1.54, 1.807) is 7.11 Å². The van der Waals surface area contributed by atoms with Gasteiger partial charge in [-0.3, -0.25) is 9.59 Å². The SMILES string of the molecule is COc1cccc(CCNC(=O)CC(=O)Nc2ccc(N3CCCCC3)cc2)c1. The fourth-order valence-electron chi connectivity index (χ4n) is 3.50. The number of amides is 2. The van der Waals surface area contributed by atoms with Gasteiger partial charge < -0.3 is 20.3 Å². The Bertz CT molecular complexity index is 814. The zero-order valence-corrected chi connectivity index (χ0v) is 16.9. The molecule has 0 aromatic heterocycles. The van der Waals surface area contributed by atoms with E-state index in [1.807, 2.05) is 48.5 Å². The molecule has 1 heterocycles. The minimum atomic E-state index is -0.311. The van der Waals surface area contributed by atoms with Crippen molar-refractivity contribution in [2.75, 3.05) is 37.0 Å². The van der Waals surface area contributed by atoms with Crippen molar-refractivity contribution < 1.29 is 14.3 Å². The van der Waals surface area contributed by atoms with Crippen molar-refractivity contribution in [1.82, 2.24) is 5.32 Å². The standard InChI is InChI=1S/C23H29N3O3/c1-29-21-7-5-6-18(16-21)12-13-24-22(27)17-23(28)25-19-8-10-20(11-9-19)26-14-3-2-4-15-26/h5-11,16H,2-4,12-15,17H2,1H3,(H,24,27)(H,25,28). The summed E-state index contributed by atoms with van der Waals surface area (Å²) in [5.74, 6) is 0.199. The van der Waals surface area contributed by atoms with Crippen molar-refractivity contribution in [2.24, 2.45) is 0 Å². The van der Waals surface area contributed by atoms with Crippen LogP contribution < -0.4 is 20.3 Å². The van der Waals surface area contributed by atoms with Gasteiger partial charge in [0.15, 0.2) is 0 Å². The van der Waals surface area contributed by atoms with Gasteiger partial charge in [-0.15, -0.1) is 0 Å². The average Bonchev–Trinajstić information content (AvgIpc) is 2.75. The Morgan fingerprint density at radius 3 is 2.48 bits per heavy atom. The van der Waals surface area contributed by atoms with Crippen molar-refractivity contribution in [3.63, 3.8) is 0 Å². The molecule has 0 radical (unpaired) electrons. The number of hydrogen-bond acceptors (Lipinski definition) is 4. The highest BCUT2D eigenvalue weighted by Crippen LogP contribution is 2.21. The van der Waals surface area contributed by atoms with Crippen molar-refractivity contribution in [3.05, 3.63) is 54.1 Å². The Kier molecular flexibility index (Phi) is 7.50. The lowest BCUT2D eigenvalue weighted by atomic mass is 10.1. The van der Waals surface area contributed by atoms with Crippen LogP contribution in [0.3, 0.4) is 0 Å². The van der Waals surface area contributed by atoms with Crippen LogP contribution in [0.2, 0.25) is 0 Å². The average molecular weight is 396 g/mol. The Morgan fingerprint density at radius 2 is 1.76 bits per heavy atom. The van der Waals surface area contributed by atoms with E-state index in [-0.39, 0.29) is 18.2 Å². The maximum Gasteiger partial charge on any atom is 0.233 e. The zero-order chi connectivity index (χ0) is 20.5. The van der Waals surface area contributed by atoms with Crippen molar-refractivity contribution in [2.45, 2.75) is 32.1 Å². The van der Waals surface area contributed by atoms with Crippen molar-refractivity contribution in [1.29, 1.82) is 0 Å². The van der Waals surface area contributed by atoms with Crippen LogP contribution in [0.1, 0.15) is 31.2 Å². The Morgan fingerprint density at radius 1 is 1.00 bits per heavy atom. The number of nitrogens with zero attached hydrogens (tertiary/aromatic N) is 1. The maximum atomic E-state index is 12.1. The number of carbonyl (C=O) groups excluding carboxylic acids is 2. The fourth-order valence-corrected chi connectivity index (χ4v) is 3.50. The molecule has 1 saturated heterocycles. The highest BCUT2D eigenvalue weighted by atomic mass is 16.5. The van der Waals surface area contributed by atoms with Crippen LogP contribution in [0.15, 0.2) is 48.5 Å². The summed E-state index contributed by atoms with van der Waals surface area (Å²) in [7, 11) is 1.63. The first-order valence-electron chi connectivity index (χ1n) is 10.2. The van der Waals surface area contributed by atoms with Gasteiger partial charge in [-0.05, 0) is 67.6 Å². The lowest BCUT2D eigenvalue weighted by molar-refractivity contribution is -0.126. The largest absolute Gasteiger partial charge is 0.497 e. The van der Waals surface area contributed by atoms with Crippen LogP contribution in [-0.4, -0.2) is 38.6 Å². The molecule has 2 amide bonds. The van der Waals surface area contributed by atoms with Gasteiger partial charge in [0.1, 0.15) is 12.2 Å². The highest BCUT2D eigenvalue weighted by Gasteiger charge is 2.12. The van der Waals surface area contributed by atoms with Gasteiger partial charge in [0.2, 0.25) is 11.8 Å². The molecule has 2 aromatic rings. The lowest BCUT2D eigenvalue weighted by Crippen LogP contribution is -2.30. The van der Waals surface area contributed by atoms with Gasteiger partial charge in [0.05, 0.1) is 7.11 Å². The Hall–Kier alpha value is -3.02. The third-order valence-corrected chi connectivity index (χ3v) is 5.06. The molecular weight excluding hydrogens is 366 g/mol. The second-order valence-electron chi connectivity index (χ2n) is 7.27. The molecular formula is C23H29N3O3. The fraction of sp³-hybridized carbons (Fsp3) is 0.391. The van der Waals surface area contributed by atoms with Crippen molar-refractivity contribution in [3.8, 4) is 5.75 Å². The number of piperidine rings is 1. The normalized spacial score (nSPS) is 13.6. The van der Waals surface area contributed by atoms with Gasteiger partial charge >= 0.3 is 0 Å². The molecule has 0 spiro atoms. The molecule has 1 fully saturated rings.